The van der Waals surface area contributed by atoms with E-state index >= 15 is 0 Å². The van der Waals surface area contributed by atoms with Crippen LogP contribution in [0.5, 0.6) is 0 Å². The van der Waals surface area contributed by atoms with Crippen molar-refractivity contribution in [2.24, 2.45) is 0 Å². The second kappa shape index (κ2) is 12.2. The van der Waals surface area contributed by atoms with Crippen molar-refractivity contribution in [3.8, 4) is 0 Å². The van der Waals surface area contributed by atoms with Crippen molar-refractivity contribution in [1.82, 2.24) is 9.80 Å². The molecule has 0 unspecified atom stereocenters. The molecule has 2 heterocycles. The summed E-state index contributed by atoms with van der Waals surface area (Å²) >= 11 is 0. The summed E-state index contributed by atoms with van der Waals surface area (Å²) in [4.78, 5) is 4.86. The summed E-state index contributed by atoms with van der Waals surface area (Å²) in [6.45, 7) is 6.54. The van der Waals surface area contributed by atoms with Gasteiger partial charge in [0.2, 0.25) is 0 Å². The first-order chi connectivity index (χ1) is 7.84. The molecular formula is C13H30Cl2N2O2. The fourth-order valence-corrected chi connectivity index (χ4v) is 2.94. The smallest absolute Gasteiger partial charge is 0.0793 e. The zero-order chi connectivity index (χ0) is 11.2. The molecule has 0 aromatic rings. The lowest BCUT2D eigenvalue weighted by Gasteiger charge is -2.32. The molecule has 6 heteroatoms. The molecule has 2 aliphatic heterocycles. The van der Waals surface area contributed by atoms with Gasteiger partial charge in [-0.1, -0.05) is 12.8 Å². The molecule has 2 fully saturated rings. The predicted octanol–water partition coefficient (Wildman–Crippen LogP) is 1.34. The molecule has 4 nitrogen and oxygen atoms in total. The topological polar surface area (TPSA) is 58.2 Å². The third kappa shape index (κ3) is 8.33. The lowest BCUT2D eigenvalue weighted by atomic mass is 10.1. The number of hydrogen-bond acceptors (Lipinski definition) is 3. The van der Waals surface area contributed by atoms with Gasteiger partial charge in [0.15, 0.2) is 0 Å². The summed E-state index contributed by atoms with van der Waals surface area (Å²) in [6, 6.07) is 0. The van der Waals surface area contributed by atoms with Gasteiger partial charge in [-0.05, 0) is 51.9 Å². The van der Waals surface area contributed by atoms with E-state index in [9.17, 15) is 5.11 Å². The van der Waals surface area contributed by atoms with Gasteiger partial charge in [0, 0.05) is 13.1 Å². The zero-order valence-corrected chi connectivity index (χ0v) is 13.4. The van der Waals surface area contributed by atoms with E-state index in [-0.39, 0.29) is 36.4 Å². The van der Waals surface area contributed by atoms with Crippen molar-refractivity contribution < 1.29 is 10.6 Å². The Bertz CT molecular complexity index is 179. The Morgan fingerprint density at radius 1 is 0.684 bits per heavy atom. The standard InChI is InChI=1S/C13H26N2O.2ClH.H2O/c16-13(11-14-7-3-1-4-8-14)12-15-9-5-2-6-10-15;;;/h13,16H,1-12H2;2*1H;1H2. The van der Waals surface area contributed by atoms with Crippen molar-refractivity contribution in [3.05, 3.63) is 0 Å². The maximum atomic E-state index is 10.1. The molecule has 2 aliphatic rings. The highest BCUT2D eigenvalue weighted by Gasteiger charge is 2.18. The van der Waals surface area contributed by atoms with Gasteiger partial charge in [-0.15, -0.1) is 24.8 Å². The average Bonchev–Trinajstić information content (AvgIpc) is 2.31. The van der Waals surface area contributed by atoms with Crippen LogP contribution in [0, 0.1) is 0 Å². The van der Waals surface area contributed by atoms with Gasteiger partial charge in [0.05, 0.1) is 6.10 Å². The number of nitrogens with zero attached hydrogens (tertiary/aromatic N) is 2. The second-order valence-corrected chi connectivity index (χ2v) is 5.38. The van der Waals surface area contributed by atoms with Crippen LogP contribution in [0.25, 0.3) is 0 Å². The Labute approximate surface area is 129 Å². The summed E-state index contributed by atoms with van der Waals surface area (Å²) in [6.07, 6.45) is 7.87. The van der Waals surface area contributed by atoms with Crippen LogP contribution in [-0.4, -0.2) is 65.8 Å². The number of halogens is 2. The van der Waals surface area contributed by atoms with Gasteiger partial charge >= 0.3 is 0 Å². The van der Waals surface area contributed by atoms with Crippen LogP contribution in [0.4, 0.5) is 0 Å². The van der Waals surface area contributed by atoms with Crippen LogP contribution in [0.2, 0.25) is 0 Å². The predicted molar refractivity (Wildman–Crippen MR) is 84.7 cm³/mol. The minimum absolute atomic E-state index is 0. The van der Waals surface area contributed by atoms with Gasteiger partial charge in [0.25, 0.3) is 0 Å². The molecule has 118 valence electrons. The molecule has 2 saturated heterocycles. The van der Waals surface area contributed by atoms with Crippen LogP contribution in [0.1, 0.15) is 38.5 Å². The molecule has 0 aliphatic carbocycles. The fourth-order valence-electron chi connectivity index (χ4n) is 2.94. The first kappa shape index (κ1) is 21.7. The van der Waals surface area contributed by atoms with Crippen LogP contribution in [-0.2, 0) is 0 Å². The number of piperidine rings is 2. The number of rotatable bonds is 4. The molecule has 2 rings (SSSR count). The monoisotopic (exact) mass is 316 g/mol. The number of aliphatic hydroxyl groups excluding tert-OH is 1. The van der Waals surface area contributed by atoms with E-state index in [0.29, 0.717) is 0 Å². The maximum Gasteiger partial charge on any atom is 0.0793 e. The van der Waals surface area contributed by atoms with Crippen molar-refractivity contribution in [1.29, 1.82) is 0 Å². The Balaban J connectivity index is 0. The number of likely N-dealkylation sites (tertiary alicyclic amines) is 2. The number of aliphatic hydroxyl groups is 1. The van der Waals surface area contributed by atoms with Crippen molar-refractivity contribution in [2.75, 3.05) is 39.3 Å². The van der Waals surface area contributed by atoms with E-state index in [1.165, 1.54) is 64.7 Å². The molecule has 0 aromatic carbocycles. The van der Waals surface area contributed by atoms with Crippen molar-refractivity contribution >= 4 is 24.8 Å². The largest absolute Gasteiger partial charge is 0.412 e. The first-order valence-corrected chi connectivity index (χ1v) is 6.97. The molecule has 0 spiro atoms. The second-order valence-electron chi connectivity index (χ2n) is 5.38. The molecule has 0 aromatic heterocycles. The molecular weight excluding hydrogens is 287 g/mol. The summed E-state index contributed by atoms with van der Waals surface area (Å²) in [5.41, 5.74) is 0. The highest BCUT2D eigenvalue weighted by Crippen LogP contribution is 2.11. The molecule has 0 atom stereocenters. The van der Waals surface area contributed by atoms with Gasteiger partial charge in [-0.25, -0.2) is 0 Å². The zero-order valence-electron chi connectivity index (χ0n) is 11.7. The summed E-state index contributed by atoms with van der Waals surface area (Å²) < 4.78 is 0. The Morgan fingerprint density at radius 2 is 1.00 bits per heavy atom. The average molecular weight is 317 g/mol. The normalized spacial score (nSPS) is 21.2. The number of hydrogen-bond donors (Lipinski definition) is 1. The Kier molecular flexibility index (Phi) is 13.9. The minimum atomic E-state index is -0.142. The van der Waals surface area contributed by atoms with Gasteiger partial charge in [0.1, 0.15) is 0 Å². The summed E-state index contributed by atoms with van der Waals surface area (Å²) in [7, 11) is 0. The van der Waals surface area contributed by atoms with Crippen LogP contribution >= 0.6 is 24.8 Å². The highest BCUT2D eigenvalue weighted by molar-refractivity contribution is 5.85. The van der Waals surface area contributed by atoms with Gasteiger partial charge in [-0.3, -0.25) is 0 Å². The van der Waals surface area contributed by atoms with E-state index in [0.717, 1.165) is 13.1 Å². The van der Waals surface area contributed by atoms with E-state index in [1.54, 1.807) is 0 Å². The van der Waals surface area contributed by atoms with Crippen molar-refractivity contribution in [3.63, 3.8) is 0 Å². The fraction of sp³-hybridized carbons (Fsp3) is 1.00. The van der Waals surface area contributed by atoms with E-state index in [2.05, 4.69) is 9.80 Å². The number of β-amino-alcohol motifs (C(OH)–C–C–N with tert-alkyl or cyclic N) is 1. The molecule has 19 heavy (non-hydrogen) atoms. The summed E-state index contributed by atoms with van der Waals surface area (Å²) in [5.74, 6) is 0. The van der Waals surface area contributed by atoms with Crippen LogP contribution in [0.3, 0.4) is 0 Å². The highest BCUT2D eigenvalue weighted by atomic mass is 35.5. The Morgan fingerprint density at radius 3 is 1.32 bits per heavy atom. The minimum Gasteiger partial charge on any atom is -0.412 e. The maximum absolute atomic E-state index is 10.1. The molecule has 3 N–H and O–H groups in total. The molecule has 0 radical (unpaired) electrons. The molecule has 0 amide bonds. The third-order valence-electron chi connectivity index (χ3n) is 3.84. The van der Waals surface area contributed by atoms with Gasteiger partial charge < -0.3 is 20.4 Å². The van der Waals surface area contributed by atoms with Crippen LogP contribution < -0.4 is 0 Å². The SMILES string of the molecule is Cl.Cl.O.OC(CN1CCCCC1)CN1CCCCC1. The Hall–Kier alpha value is 0.420. The molecule has 0 saturated carbocycles. The van der Waals surface area contributed by atoms with E-state index < -0.39 is 0 Å². The third-order valence-corrected chi connectivity index (χ3v) is 3.84. The lowest BCUT2D eigenvalue weighted by molar-refractivity contribution is 0.0610. The van der Waals surface area contributed by atoms with Crippen LogP contribution in [0.15, 0.2) is 0 Å². The first-order valence-electron chi connectivity index (χ1n) is 6.97. The quantitative estimate of drug-likeness (QED) is 0.851. The summed E-state index contributed by atoms with van der Waals surface area (Å²) in [5, 5.41) is 10.1. The molecule has 0 bridgehead atoms. The van der Waals surface area contributed by atoms with Gasteiger partial charge in [-0.2, -0.15) is 0 Å². The van der Waals surface area contributed by atoms with E-state index in [1.807, 2.05) is 0 Å². The lowest BCUT2D eigenvalue weighted by Crippen LogP contribution is -2.43. The van der Waals surface area contributed by atoms with Crippen molar-refractivity contribution in [2.45, 2.75) is 44.6 Å². The van der Waals surface area contributed by atoms with E-state index in [4.69, 9.17) is 0 Å².